The van der Waals surface area contributed by atoms with Crippen LogP contribution in [0.15, 0.2) is 71.6 Å². The van der Waals surface area contributed by atoms with Crippen LogP contribution < -0.4 is 10.0 Å². The molecule has 0 radical (unpaired) electrons. The first-order valence-electron chi connectivity index (χ1n) is 9.09. The standard InChI is InChI=1S/C22H19ClN2O5S/c1-14-17(21(26)24-20-13-15(22(27)30-2)11-12-18(20)23)9-6-10-19(14)25-31(28,29)16-7-4-3-5-8-16/h3-13,25H,1-2H3,(H,24,26). The number of nitrogens with one attached hydrogen (secondary N) is 2. The van der Waals surface area contributed by atoms with Gasteiger partial charge in [-0.15, -0.1) is 0 Å². The lowest BCUT2D eigenvalue weighted by Gasteiger charge is -2.14. The second-order valence-corrected chi connectivity index (χ2v) is 8.63. The zero-order valence-corrected chi connectivity index (χ0v) is 18.3. The molecule has 1 amide bonds. The van der Waals surface area contributed by atoms with Crippen LogP contribution in [-0.2, 0) is 14.8 Å². The van der Waals surface area contributed by atoms with Crippen molar-refractivity contribution < 1.29 is 22.7 Å². The molecule has 0 aliphatic rings. The fraction of sp³-hybridized carbons (Fsp3) is 0.0909. The summed E-state index contributed by atoms with van der Waals surface area (Å²) in [4.78, 5) is 24.7. The minimum atomic E-state index is -3.82. The van der Waals surface area contributed by atoms with Crippen LogP contribution in [0.1, 0.15) is 26.3 Å². The quantitative estimate of drug-likeness (QED) is 0.530. The normalized spacial score (nSPS) is 10.9. The Bertz CT molecular complexity index is 1240. The molecule has 160 valence electrons. The van der Waals surface area contributed by atoms with E-state index in [0.717, 1.165) is 0 Å². The molecule has 0 heterocycles. The van der Waals surface area contributed by atoms with Crippen molar-refractivity contribution in [2.24, 2.45) is 0 Å². The fourth-order valence-electron chi connectivity index (χ4n) is 2.85. The van der Waals surface area contributed by atoms with Gasteiger partial charge in [-0.3, -0.25) is 9.52 Å². The van der Waals surface area contributed by atoms with Gasteiger partial charge in [0.05, 0.1) is 34.0 Å². The van der Waals surface area contributed by atoms with E-state index in [0.29, 0.717) is 5.56 Å². The molecule has 31 heavy (non-hydrogen) atoms. The lowest BCUT2D eigenvalue weighted by atomic mass is 10.1. The smallest absolute Gasteiger partial charge is 0.337 e. The highest BCUT2D eigenvalue weighted by atomic mass is 35.5. The number of benzene rings is 3. The number of esters is 1. The molecular formula is C22H19ClN2O5S. The zero-order chi connectivity index (χ0) is 22.6. The highest BCUT2D eigenvalue weighted by Crippen LogP contribution is 2.27. The maximum atomic E-state index is 12.9. The van der Waals surface area contributed by atoms with Crippen LogP contribution in [0.5, 0.6) is 0 Å². The number of halogens is 1. The van der Waals surface area contributed by atoms with E-state index in [1.54, 1.807) is 43.3 Å². The third kappa shape index (κ3) is 5.04. The third-order valence-corrected chi connectivity index (χ3v) is 6.22. The van der Waals surface area contributed by atoms with Gasteiger partial charge in [-0.05, 0) is 55.0 Å². The van der Waals surface area contributed by atoms with Crippen molar-refractivity contribution >= 4 is 44.9 Å². The average Bonchev–Trinajstić information content (AvgIpc) is 2.76. The molecule has 9 heteroatoms. The van der Waals surface area contributed by atoms with Gasteiger partial charge in [-0.1, -0.05) is 35.9 Å². The number of methoxy groups -OCH3 is 1. The van der Waals surface area contributed by atoms with Crippen molar-refractivity contribution in [1.29, 1.82) is 0 Å². The first-order chi connectivity index (χ1) is 14.7. The number of sulfonamides is 1. The molecule has 3 rings (SSSR count). The molecule has 3 aromatic rings. The number of hydrogen-bond acceptors (Lipinski definition) is 5. The van der Waals surface area contributed by atoms with Gasteiger partial charge in [0.15, 0.2) is 0 Å². The Morgan fingerprint density at radius 1 is 0.935 bits per heavy atom. The van der Waals surface area contributed by atoms with Crippen LogP contribution in [0, 0.1) is 6.92 Å². The predicted octanol–water partition coefficient (Wildman–Crippen LogP) is 4.49. The molecule has 0 atom stereocenters. The maximum Gasteiger partial charge on any atom is 0.337 e. The van der Waals surface area contributed by atoms with Crippen LogP contribution in [-0.4, -0.2) is 27.4 Å². The van der Waals surface area contributed by atoms with Crippen molar-refractivity contribution in [1.82, 2.24) is 0 Å². The van der Waals surface area contributed by atoms with Crippen molar-refractivity contribution in [3.8, 4) is 0 Å². The van der Waals surface area contributed by atoms with Crippen LogP contribution >= 0.6 is 11.6 Å². The highest BCUT2D eigenvalue weighted by Gasteiger charge is 2.19. The Morgan fingerprint density at radius 2 is 1.65 bits per heavy atom. The van der Waals surface area contributed by atoms with Gasteiger partial charge in [-0.2, -0.15) is 0 Å². The fourth-order valence-corrected chi connectivity index (χ4v) is 4.16. The first kappa shape index (κ1) is 22.3. The van der Waals surface area contributed by atoms with Gasteiger partial charge in [0.25, 0.3) is 15.9 Å². The Kier molecular flexibility index (Phi) is 6.62. The number of anilines is 2. The van der Waals surface area contributed by atoms with Gasteiger partial charge >= 0.3 is 5.97 Å². The number of ether oxygens (including phenoxy) is 1. The summed E-state index contributed by atoms with van der Waals surface area (Å²) in [6, 6.07) is 17.0. The SMILES string of the molecule is COC(=O)c1ccc(Cl)c(NC(=O)c2cccc(NS(=O)(=O)c3ccccc3)c2C)c1. The highest BCUT2D eigenvalue weighted by molar-refractivity contribution is 7.92. The third-order valence-electron chi connectivity index (χ3n) is 4.51. The van der Waals surface area contributed by atoms with Crippen LogP contribution in [0.2, 0.25) is 5.02 Å². The number of rotatable bonds is 6. The summed E-state index contributed by atoms with van der Waals surface area (Å²) in [5.41, 5.74) is 1.39. The molecule has 0 saturated carbocycles. The van der Waals surface area contributed by atoms with E-state index >= 15 is 0 Å². The Morgan fingerprint density at radius 3 is 2.32 bits per heavy atom. The lowest BCUT2D eigenvalue weighted by Crippen LogP contribution is -2.17. The second-order valence-electron chi connectivity index (χ2n) is 6.54. The molecule has 0 fully saturated rings. The van der Waals surface area contributed by atoms with E-state index in [1.807, 2.05) is 0 Å². The van der Waals surface area contributed by atoms with E-state index in [4.69, 9.17) is 11.6 Å². The van der Waals surface area contributed by atoms with Gasteiger partial charge in [0.1, 0.15) is 0 Å². The Hall–Kier alpha value is -3.36. The van der Waals surface area contributed by atoms with Crippen LogP contribution in [0.3, 0.4) is 0 Å². The lowest BCUT2D eigenvalue weighted by molar-refractivity contribution is 0.0600. The zero-order valence-electron chi connectivity index (χ0n) is 16.7. The second kappa shape index (κ2) is 9.20. The number of hydrogen-bond donors (Lipinski definition) is 2. The summed E-state index contributed by atoms with van der Waals surface area (Å²) in [6.45, 7) is 1.63. The molecule has 7 nitrogen and oxygen atoms in total. The summed E-state index contributed by atoms with van der Waals surface area (Å²) in [5, 5.41) is 2.89. The van der Waals surface area contributed by atoms with Gasteiger partial charge in [0.2, 0.25) is 0 Å². The molecule has 0 aromatic heterocycles. The largest absolute Gasteiger partial charge is 0.465 e. The van der Waals surface area contributed by atoms with Crippen LogP contribution in [0.25, 0.3) is 0 Å². The number of carbonyl (C=O) groups is 2. The molecule has 0 aliphatic heterocycles. The van der Waals surface area contributed by atoms with Crippen LogP contribution in [0.4, 0.5) is 11.4 Å². The molecule has 0 bridgehead atoms. The monoisotopic (exact) mass is 458 g/mol. The van der Waals surface area contributed by atoms with Gasteiger partial charge < -0.3 is 10.1 Å². The molecule has 0 unspecified atom stereocenters. The summed E-state index contributed by atoms with van der Waals surface area (Å²) >= 11 is 6.14. The van der Waals surface area contributed by atoms with E-state index in [-0.39, 0.29) is 32.4 Å². The van der Waals surface area contributed by atoms with Crippen molar-refractivity contribution in [2.75, 3.05) is 17.1 Å². The molecular weight excluding hydrogens is 440 g/mol. The molecule has 0 saturated heterocycles. The Labute approximate surface area is 185 Å². The van der Waals surface area contributed by atoms with E-state index in [9.17, 15) is 18.0 Å². The molecule has 0 aliphatic carbocycles. The molecule has 2 N–H and O–H groups in total. The van der Waals surface area contributed by atoms with Crippen molar-refractivity contribution in [3.05, 3.63) is 88.4 Å². The van der Waals surface area contributed by atoms with E-state index in [1.165, 1.54) is 37.4 Å². The first-order valence-corrected chi connectivity index (χ1v) is 11.0. The minimum absolute atomic E-state index is 0.107. The van der Waals surface area contributed by atoms with Crippen molar-refractivity contribution in [3.63, 3.8) is 0 Å². The average molecular weight is 459 g/mol. The Balaban J connectivity index is 1.88. The molecule has 0 spiro atoms. The maximum absolute atomic E-state index is 12.9. The predicted molar refractivity (Wildman–Crippen MR) is 119 cm³/mol. The summed E-state index contributed by atoms with van der Waals surface area (Å²) < 4.78 is 32.4. The minimum Gasteiger partial charge on any atom is -0.465 e. The van der Waals surface area contributed by atoms with Gasteiger partial charge in [0, 0.05) is 5.56 Å². The molecule has 3 aromatic carbocycles. The van der Waals surface area contributed by atoms with Crippen molar-refractivity contribution in [2.45, 2.75) is 11.8 Å². The summed E-state index contributed by atoms with van der Waals surface area (Å²) in [5.74, 6) is -1.08. The van der Waals surface area contributed by atoms with E-state index in [2.05, 4.69) is 14.8 Å². The summed E-state index contributed by atoms with van der Waals surface area (Å²) in [6.07, 6.45) is 0. The topological polar surface area (TPSA) is 102 Å². The van der Waals surface area contributed by atoms with Gasteiger partial charge in [-0.25, -0.2) is 13.2 Å². The van der Waals surface area contributed by atoms with E-state index < -0.39 is 21.9 Å². The number of amides is 1. The number of carbonyl (C=O) groups excluding carboxylic acids is 2. The summed E-state index contributed by atoms with van der Waals surface area (Å²) in [7, 11) is -2.57.